The molecule has 1 aromatic heterocycles. The average Bonchev–Trinajstić information content (AvgIpc) is 2.94. The van der Waals surface area contributed by atoms with Crippen molar-refractivity contribution in [3.8, 4) is 0 Å². The van der Waals surface area contributed by atoms with Crippen LogP contribution in [0.1, 0.15) is 26.2 Å². The van der Waals surface area contributed by atoms with Crippen LogP contribution in [0.2, 0.25) is 5.15 Å². The number of anilines is 1. The van der Waals surface area contributed by atoms with E-state index in [2.05, 4.69) is 20.5 Å². The molecule has 20 heavy (non-hydrogen) atoms. The highest BCUT2D eigenvalue weighted by atomic mass is 35.5. The lowest BCUT2D eigenvalue weighted by atomic mass is 9.73. The van der Waals surface area contributed by atoms with E-state index in [1.807, 2.05) is 6.92 Å². The number of rotatable bonds is 4. The average molecular weight is 297 g/mol. The first-order valence-corrected chi connectivity index (χ1v) is 7.18. The Bertz CT molecular complexity index is 517. The molecule has 1 aliphatic heterocycles. The quantitative estimate of drug-likeness (QED) is 0.863. The minimum atomic E-state index is -0.338. The Labute approximate surface area is 122 Å². The monoisotopic (exact) mass is 296 g/mol. The Hall–Kier alpha value is -1.24. The zero-order valence-corrected chi connectivity index (χ0v) is 12.1. The molecule has 2 aliphatic rings. The minimum Gasteiger partial charge on any atom is -0.375 e. The predicted octanol–water partition coefficient (Wildman–Crippen LogP) is 2.26. The van der Waals surface area contributed by atoms with Crippen LogP contribution < -0.4 is 5.43 Å². The maximum absolute atomic E-state index is 5.91. The Morgan fingerprint density at radius 3 is 3.20 bits per heavy atom. The fourth-order valence-corrected chi connectivity index (χ4v) is 2.91. The molecule has 0 bridgehead atoms. The van der Waals surface area contributed by atoms with Gasteiger partial charge in [-0.1, -0.05) is 11.6 Å². The molecule has 1 N–H and O–H groups in total. The maximum Gasteiger partial charge on any atom is 0.166 e. The summed E-state index contributed by atoms with van der Waals surface area (Å²) >= 11 is 5.79. The second-order valence-corrected chi connectivity index (χ2v) is 5.27. The molecule has 6 nitrogen and oxygen atoms in total. The lowest BCUT2D eigenvalue weighted by Crippen LogP contribution is -2.61. The van der Waals surface area contributed by atoms with Gasteiger partial charge in [0.15, 0.2) is 5.82 Å². The molecule has 108 valence electrons. The number of aromatic nitrogens is 2. The summed E-state index contributed by atoms with van der Waals surface area (Å²) in [5.74, 6) is 0.526. The van der Waals surface area contributed by atoms with Crippen molar-refractivity contribution < 1.29 is 9.47 Å². The molecule has 1 saturated heterocycles. The van der Waals surface area contributed by atoms with Crippen LogP contribution in [-0.2, 0) is 9.47 Å². The number of nitrogens with one attached hydrogen (secondary N) is 1. The van der Waals surface area contributed by atoms with E-state index in [9.17, 15) is 0 Å². The Kier molecular flexibility index (Phi) is 3.87. The van der Waals surface area contributed by atoms with E-state index in [4.69, 9.17) is 21.1 Å². The van der Waals surface area contributed by atoms with Crippen LogP contribution in [0.15, 0.2) is 17.5 Å². The molecule has 2 heterocycles. The molecule has 1 saturated carbocycles. The standard InChI is InChI=1S/C13H17ClN4O2/c1-2-19-10-6-9(13(10)4-3-5-20-13)17-18-12-8-15-7-11(14)16-12/h7-8,10H,2-6H2,1H3,(H,16,18)/b17-9+/t10-,13-/m1/s1. The summed E-state index contributed by atoms with van der Waals surface area (Å²) in [7, 11) is 0. The van der Waals surface area contributed by atoms with E-state index >= 15 is 0 Å². The summed E-state index contributed by atoms with van der Waals surface area (Å²) < 4.78 is 11.6. The lowest BCUT2D eigenvalue weighted by molar-refractivity contribution is -0.102. The van der Waals surface area contributed by atoms with Gasteiger partial charge >= 0.3 is 0 Å². The smallest absolute Gasteiger partial charge is 0.166 e. The third-order valence-electron chi connectivity index (χ3n) is 3.72. The van der Waals surface area contributed by atoms with Crippen LogP contribution in [0.3, 0.4) is 0 Å². The van der Waals surface area contributed by atoms with Crippen molar-refractivity contribution >= 4 is 23.1 Å². The molecule has 0 amide bonds. The zero-order valence-electron chi connectivity index (χ0n) is 11.3. The number of nitrogens with zero attached hydrogens (tertiary/aromatic N) is 3. The van der Waals surface area contributed by atoms with E-state index in [1.165, 1.54) is 6.20 Å². The lowest BCUT2D eigenvalue weighted by Gasteiger charge is -2.46. The minimum absolute atomic E-state index is 0.112. The first kappa shape index (κ1) is 13.7. The van der Waals surface area contributed by atoms with E-state index in [1.54, 1.807) is 6.20 Å². The molecule has 0 radical (unpaired) electrons. The molecule has 0 aromatic carbocycles. The van der Waals surface area contributed by atoms with E-state index in [0.717, 1.165) is 31.6 Å². The number of hydrogen-bond donors (Lipinski definition) is 1. The normalized spacial score (nSPS) is 30.7. The maximum atomic E-state index is 5.91. The van der Waals surface area contributed by atoms with Gasteiger partial charge in [-0.25, -0.2) is 4.98 Å². The third-order valence-corrected chi connectivity index (χ3v) is 3.90. The van der Waals surface area contributed by atoms with Gasteiger partial charge in [0.2, 0.25) is 0 Å². The number of hydrogen-bond acceptors (Lipinski definition) is 6. The van der Waals surface area contributed by atoms with Crippen molar-refractivity contribution in [2.24, 2.45) is 5.10 Å². The zero-order chi connectivity index (χ0) is 14.0. The topological polar surface area (TPSA) is 68.6 Å². The first-order chi connectivity index (χ1) is 9.74. The third kappa shape index (κ3) is 2.39. The van der Waals surface area contributed by atoms with Gasteiger partial charge in [-0.3, -0.25) is 10.4 Å². The van der Waals surface area contributed by atoms with Crippen LogP contribution in [-0.4, -0.2) is 40.6 Å². The van der Waals surface area contributed by atoms with Gasteiger partial charge in [0.25, 0.3) is 0 Å². The molecule has 2 atom stereocenters. The number of ether oxygens (including phenoxy) is 2. The van der Waals surface area contributed by atoms with Gasteiger partial charge in [-0.2, -0.15) is 5.10 Å². The van der Waals surface area contributed by atoms with Crippen LogP contribution in [0.5, 0.6) is 0 Å². The molecule has 3 rings (SSSR count). The SMILES string of the molecule is CCO[C@@H]1C/C(=N\Nc2cncc(Cl)n2)[C@]12CCCO2. The van der Waals surface area contributed by atoms with Crippen molar-refractivity contribution in [2.75, 3.05) is 18.6 Å². The Morgan fingerprint density at radius 1 is 1.60 bits per heavy atom. The van der Waals surface area contributed by atoms with Crippen molar-refractivity contribution in [3.05, 3.63) is 17.5 Å². The predicted molar refractivity (Wildman–Crippen MR) is 76.0 cm³/mol. The fourth-order valence-electron chi connectivity index (χ4n) is 2.77. The van der Waals surface area contributed by atoms with Gasteiger partial charge < -0.3 is 9.47 Å². The van der Waals surface area contributed by atoms with Crippen molar-refractivity contribution in [1.29, 1.82) is 0 Å². The molecule has 2 fully saturated rings. The van der Waals surface area contributed by atoms with Gasteiger partial charge in [0, 0.05) is 19.6 Å². The molecular weight excluding hydrogens is 280 g/mol. The van der Waals surface area contributed by atoms with Crippen LogP contribution >= 0.6 is 11.6 Å². The van der Waals surface area contributed by atoms with E-state index < -0.39 is 0 Å². The van der Waals surface area contributed by atoms with Crippen molar-refractivity contribution in [2.45, 2.75) is 37.9 Å². The highest BCUT2D eigenvalue weighted by molar-refractivity contribution is 6.29. The highest BCUT2D eigenvalue weighted by Crippen LogP contribution is 2.43. The molecule has 1 aromatic rings. The highest BCUT2D eigenvalue weighted by Gasteiger charge is 2.56. The summed E-state index contributed by atoms with van der Waals surface area (Å²) in [5, 5.41) is 4.75. The summed E-state index contributed by atoms with van der Waals surface area (Å²) in [6.45, 7) is 3.45. The summed E-state index contributed by atoms with van der Waals surface area (Å²) in [5.41, 5.74) is 3.54. The van der Waals surface area contributed by atoms with Gasteiger partial charge in [0.1, 0.15) is 10.8 Å². The van der Waals surface area contributed by atoms with Crippen LogP contribution in [0.4, 0.5) is 5.82 Å². The van der Waals surface area contributed by atoms with Crippen molar-refractivity contribution in [1.82, 2.24) is 9.97 Å². The van der Waals surface area contributed by atoms with E-state index in [-0.39, 0.29) is 11.7 Å². The van der Waals surface area contributed by atoms with Crippen molar-refractivity contribution in [3.63, 3.8) is 0 Å². The summed E-state index contributed by atoms with van der Waals surface area (Å²) in [6, 6.07) is 0. The summed E-state index contributed by atoms with van der Waals surface area (Å²) in [6.07, 6.45) is 5.96. The largest absolute Gasteiger partial charge is 0.375 e. The molecule has 1 spiro atoms. The van der Waals surface area contributed by atoms with Gasteiger partial charge in [-0.15, -0.1) is 0 Å². The molecule has 0 unspecified atom stereocenters. The Morgan fingerprint density at radius 2 is 2.50 bits per heavy atom. The second kappa shape index (κ2) is 5.63. The van der Waals surface area contributed by atoms with Gasteiger partial charge in [0.05, 0.1) is 24.2 Å². The summed E-state index contributed by atoms with van der Waals surface area (Å²) in [4.78, 5) is 8.04. The molecule has 1 aliphatic carbocycles. The van der Waals surface area contributed by atoms with Gasteiger partial charge in [-0.05, 0) is 19.8 Å². The number of halogens is 1. The molecular formula is C13H17ClN4O2. The van der Waals surface area contributed by atoms with E-state index in [0.29, 0.717) is 17.6 Å². The fraction of sp³-hybridized carbons (Fsp3) is 0.615. The molecule has 7 heteroatoms. The number of hydrazone groups is 1. The van der Waals surface area contributed by atoms with Crippen LogP contribution in [0.25, 0.3) is 0 Å². The van der Waals surface area contributed by atoms with Crippen LogP contribution in [0, 0.1) is 0 Å². The first-order valence-electron chi connectivity index (χ1n) is 6.81. The second-order valence-electron chi connectivity index (χ2n) is 4.89. The Balaban J connectivity index is 1.72.